The van der Waals surface area contributed by atoms with E-state index in [-0.39, 0.29) is 0 Å². The summed E-state index contributed by atoms with van der Waals surface area (Å²) in [5.41, 5.74) is 0. The largest absolute Gasteiger partial charge is 0.335 e. The predicted octanol–water partition coefficient (Wildman–Crippen LogP) is 1.81. The molecule has 4 rings (SSSR count). The van der Waals surface area contributed by atoms with E-state index in [1.54, 1.807) is 0 Å². The van der Waals surface area contributed by atoms with E-state index in [4.69, 9.17) is 0 Å². The normalized spacial score (nSPS) is 21.3. The van der Waals surface area contributed by atoms with Crippen LogP contribution in [0.2, 0.25) is 0 Å². The highest BCUT2D eigenvalue weighted by Crippen LogP contribution is 2.36. The molecule has 1 atom stereocenters. The number of nitrogens with zero attached hydrogens (tertiary/aromatic N) is 6. The Morgan fingerprint density at radius 3 is 2.95 bits per heavy atom. The van der Waals surface area contributed by atoms with Crippen molar-refractivity contribution < 1.29 is 0 Å². The van der Waals surface area contributed by atoms with E-state index in [0.717, 1.165) is 37.7 Å². The van der Waals surface area contributed by atoms with Gasteiger partial charge in [0.2, 0.25) is 0 Å². The van der Waals surface area contributed by atoms with Crippen LogP contribution < -0.4 is 0 Å². The number of fused-ring (bicyclic) bond motifs is 1. The second-order valence-electron chi connectivity index (χ2n) is 6.86. The molecule has 3 heterocycles. The molecular weight excluding hydrogens is 276 g/mol. The first-order valence-electron chi connectivity index (χ1n) is 8.29. The summed E-state index contributed by atoms with van der Waals surface area (Å²) >= 11 is 0. The number of rotatable bonds is 5. The summed E-state index contributed by atoms with van der Waals surface area (Å²) in [7, 11) is 2.20. The van der Waals surface area contributed by atoms with Crippen molar-refractivity contribution in [2.24, 2.45) is 5.92 Å². The van der Waals surface area contributed by atoms with E-state index in [1.165, 1.54) is 25.1 Å². The second kappa shape index (κ2) is 5.50. The van der Waals surface area contributed by atoms with Crippen LogP contribution in [0.3, 0.4) is 0 Å². The number of aromatic nitrogens is 5. The first-order chi connectivity index (χ1) is 10.7. The van der Waals surface area contributed by atoms with E-state index in [1.807, 2.05) is 6.20 Å². The smallest absolute Gasteiger partial charge is 0.147 e. The van der Waals surface area contributed by atoms with E-state index in [9.17, 15) is 0 Å². The molecule has 0 aromatic carbocycles. The quantitative estimate of drug-likeness (QED) is 0.845. The van der Waals surface area contributed by atoms with Gasteiger partial charge in [0.05, 0.1) is 6.54 Å². The summed E-state index contributed by atoms with van der Waals surface area (Å²) in [5.74, 6) is 4.13. The van der Waals surface area contributed by atoms with Crippen molar-refractivity contribution in [3.63, 3.8) is 0 Å². The average Bonchev–Trinajstić information content (AvgIpc) is 3.10. The number of hydrogen-bond donors (Lipinski definition) is 0. The lowest BCUT2D eigenvalue weighted by atomic mass is 9.99. The molecule has 1 unspecified atom stereocenters. The van der Waals surface area contributed by atoms with Crippen LogP contribution in [0.25, 0.3) is 0 Å². The lowest BCUT2D eigenvalue weighted by Gasteiger charge is -2.28. The molecule has 0 saturated heterocycles. The van der Waals surface area contributed by atoms with Crippen LogP contribution in [0.4, 0.5) is 0 Å². The molecule has 0 amide bonds. The van der Waals surface area contributed by atoms with Crippen molar-refractivity contribution in [3.8, 4) is 0 Å². The second-order valence-corrected chi connectivity index (χ2v) is 6.86. The molecule has 118 valence electrons. The summed E-state index contributed by atoms with van der Waals surface area (Å²) in [5, 5.41) is 8.67. The zero-order valence-corrected chi connectivity index (χ0v) is 13.4. The van der Waals surface area contributed by atoms with Crippen molar-refractivity contribution in [2.45, 2.75) is 51.7 Å². The standard InChI is InChI=1S/C16H24N6/c1-12-18-19-16(22(12)14-4-5-14)11-20(2)9-13-3-6-15-17-7-8-21(15)10-13/h7-8,13-14H,3-6,9-11H2,1-2H3. The fourth-order valence-electron chi connectivity index (χ4n) is 3.66. The zero-order valence-electron chi connectivity index (χ0n) is 13.4. The lowest BCUT2D eigenvalue weighted by molar-refractivity contribution is 0.223. The first-order valence-corrected chi connectivity index (χ1v) is 8.29. The van der Waals surface area contributed by atoms with Gasteiger partial charge in [-0.3, -0.25) is 4.90 Å². The van der Waals surface area contributed by atoms with Crippen LogP contribution in [0.1, 0.15) is 42.8 Å². The fourth-order valence-corrected chi connectivity index (χ4v) is 3.66. The lowest BCUT2D eigenvalue weighted by Crippen LogP contribution is -2.32. The van der Waals surface area contributed by atoms with Gasteiger partial charge in [-0.2, -0.15) is 0 Å². The number of imidazole rings is 1. The highest BCUT2D eigenvalue weighted by molar-refractivity contribution is 5.02. The van der Waals surface area contributed by atoms with Crippen LogP contribution in [-0.4, -0.2) is 42.8 Å². The third kappa shape index (κ3) is 2.67. The molecule has 1 aliphatic heterocycles. The molecule has 2 aromatic heterocycles. The third-order valence-electron chi connectivity index (χ3n) is 4.86. The highest BCUT2D eigenvalue weighted by Gasteiger charge is 2.28. The van der Waals surface area contributed by atoms with E-state index >= 15 is 0 Å². The maximum absolute atomic E-state index is 4.41. The van der Waals surface area contributed by atoms with Crippen LogP contribution in [0, 0.1) is 12.8 Å². The SMILES string of the molecule is Cc1nnc(CN(C)CC2CCc3nccn3C2)n1C1CC1. The molecule has 2 aliphatic rings. The molecule has 0 radical (unpaired) electrons. The topological polar surface area (TPSA) is 51.8 Å². The maximum Gasteiger partial charge on any atom is 0.147 e. The first kappa shape index (κ1) is 13.9. The molecule has 22 heavy (non-hydrogen) atoms. The Bertz CT molecular complexity index is 653. The Morgan fingerprint density at radius 1 is 1.27 bits per heavy atom. The minimum Gasteiger partial charge on any atom is -0.335 e. The molecule has 1 fully saturated rings. The van der Waals surface area contributed by atoms with Gasteiger partial charge in [-0.15, -0.1) is 10.2 Å². The Morgan fingerprint density at radius 2 is 2.14 bits per heavy atom. The molecule has 2 aromatic rings. The summed E-state index contributed by atoms with van der Waals surface area (Å²) < 4.78 is 4.64. The van der Waals surface area contributed by atoms with Gasteiger partial charge in [0.15, 0.2) is 0 Å². The summed E-state index contributed by atoms with van der Waals surface area (Å²) in [6.07, 6.45) is 8.92. The predicted molar refractivity (Wildman–Crippen MR) is 83.4 cm³/mol. The average molecular weight is 300 g/mol. The van der Waals surface area contributed by atoms with Gasteiger partial charge in [-0.05, 0) is 39.2 Å². The number of hydrogen-bond acceptors (Lipinski definition) is 4. The number of aryl methyl sites for hydroxylation is 2. The van der Waals surface area contributed by atoms with Crippen molar-refractivity contribution in [1.82, 2.24) is 29.2 Å². The van der Waals surface area contributed by atoms with Gasteiger partial charge in [0, 0.05) is 37.9 Å². The van der Waals surface area contributed by atoms with Crippen molar-refractivity contribution in [3.05, 3.63) is 29.9 Å². The summed E-state index contributed by atoms with van der Waals surface area (Å²) in [4.78, 5) is 6.80. The van der Waals surface area contributed by atoms with Crippen molar-refractivity contribution in [2.75, 3.05) is 13.6 Å². The van der Waals surface area contributed by atoms with Crippen molar-refractivity contribution in [1.29, 1.82) is 0 Å². The molecule has 6 nitrogen and oxygen atoms in total. The monoisotopic (exact) mass is 300 g/mol. The van der Waals surface area contributed by atoms with Gasteiger partial charge in [-0.25, -0.2) is 4.98 Å². The van der Waals surface area contributed by atoms with Gasteiger partial charge >= 0.3 is 0 Å². The van der Waals surface area contributed by atoms with Crippen LogP contribution in [0.15, 0.2) is 12.4 Å². The molecule has 1 saturated carbocycles. The van der Waals surface area contributed by atoms with Crippen LogP contribution in [-0.2, 0) is 19.5 Å². The van der Waals surface area contributed by atoms with E-state index < -0.39 is 0 Å². The van der Waals surface area contributed by atoms with E-state index in [2.05, 4.69) is 49.4 Å². The molecule has 0 bridgehead atoms. The highest BCUT2D eigenvalue weighted by atomic mass is 15.3. The molecule has 0 N–H and O–H groups in total. The van der Waals surface area contributed by atoms with Gasteiger partial charge in [0.25, 0.3) is 0 Å². The third-order valence-corrected chi connectivity index (χ3v) is 4.86. The Labute approximate surface area is 131 Å². The fraction of sp³-hybridized carbons (Fsp3) is 0.688. The molecule has 0 spiro atoms. The molecule has 1 aliphatic carbocycles. The molecule has 6 heteroatoms. The Balaban J connectivity index is 1.38. The maximum atomic E-state index is 4.41. The van der Waals surface area contributed by atoms with Crippen molar-refractivity contribution >= 4 is 0 Å². The minimum absolute atomic E-state index is 0.654. The summed E-state index contributed by atoms with van der Waals surface area (Å²) in [6, 6.07) is 0.654. The van der Waals surface area contributed by atoms with Gasteiger partial charge < -0.3 is 9.13 Å². The Hall–Kier alpha value is -1.69. The van der Waals surface area contributed by atoms with E-state index in [0.29, 0.717) is 12.0 Å². The summed E-state index contributed by atoms with van der Waals surface area (Å²) in [6.45, 7) is 5.16. The van der Waals surface area contributed by atoms with Gasteiger partial charge in [0.1, 0.15) is 17.5 Å². The van der Waals surface area contributed by atoms with Crippen LogP contribution in [0.5, 0.6) is 0 Å². The Kier molecular flexibility index (Phi) is 3.48. The minimum atomic E-state index is 0.654. The zero-order chi connectivity index (χ0) is 15.1. The van der Waals surface area contributed by atoms with Crippen LogP contribution >= 0.6 is 0 Å². The molecular formula is C16H24N6. The van der Waals surface area contributed by atoms with Gasteiger partial charge in [-0.1, -0.05) is 0 Å².